The summed E-state index contributed by atoms with van der Waals surface area (Å²) in [5, 5.41) is 12.4. The van der Waals surface area contributed by atoms with Crippen molar-refractivity contribution in [2.75, 3.05) is 18.0 Å². The molecule has 1 amide bonds. The van der Waals surface area contributed by atoms with Crippen molar-refractivity contribution < 1.29 is 23.8 Å². The van der Waals surface area contributed by atoms with Crippen molar-refractivity contribution in [2.24, 2.45) is 5.92 Å². The highest BCUT2D eigenvalue weighted by molar-refractivity contribution is 5.89. The van der Waals surface area contributed by atoms with Crippen LogP contribution in [0.25, 0.3) is 5.52 Å². The van der Waals surface area contributed by atoms with Crippen molar-refractivity contribution in [1.29, 1.82) is 0 Å². The van der Waals surface area contributed by atoms with E-state index in [1.54, 1.807) is 27.7 Å². The lowest BCUT2D eigenvalue weighted by Crippen LogP contribution is -2.42. The molecule has 1 aliphatic heterocycles. The molecule has 8 nitrogen and oxygen atoms in total. The molecule has 2 fully saturated rings. The van der Waals surface area contributed by atoms with Crippen LogP contribution >= 0.6 is 0 Å². The zero-order chi connectivity index (χ0) is 24.9. The molecule has 2 N–H and O–H groups in total. The Morgan fingerprint density at radius 2 is 1.94 bits per heavy atom. The zero-order valence-corrected chi connectivity index (χ0v) is 20.3. The molecule has 184 valence electrons. The fraction of sp³-hybridized carbons (Fsp3) is 0.560. The quantitative estimate of drug-likeness (QED) is 0.679. The van der Waals surface area contributed by atoms with Gasteiger partial charge in [-0.2, -0.15) is 0 Å². The Labute approximate surface area is 197 Å². The summed E-state index contributed by atoms with van der Waals surface area (Å²) in [4.78, 5) is 38.5. The first-order valence-corrected chi connectivity index (χ1v) is 11.7. The van der Waals surface area contributed by atoms with E-state index < -0.39 is 29.0 Å². The summed E-state index contributed by atoms with van der Waals surface area (Å²) in [5.41, 5.74) is 0.780. The fourth-order valence-corrected chi connectivity index (χ4v) is 4.90. The number of aromatic nitrogens is 1. The van der Waals surface area contributed by atoms with Crippen molar-refractivity contribution in [3.63, 3.8) is 0 Å². The van der Waals surface area contributed by atoms with Crippen LogP contribution in [0.4, 0.5) is 14.9 Å². The van der Waals surface area contributed by atoms with Gasteiger partial charge in [-0.3, -0.25) is 9.20 Å². The van der Waals surface area contributed by atoms with Crippen LogP contribution < -0.4 is 15.8 Å². The number of carbonyl (C=O) groups is 2. The van der Waals surface area contributed by atoms with Gasteiger partial charge < -0.3 is 20.1 Å². The third-order valence-electron chi connectivity index (χ3n) is 6.68. The number of hydrogen-bond acceptors (Lipinski definition) is 5. The number of amides is 1. The van der Waals surface area contributed by atoms with Crippen molar-refractivity contribution in [3.05, 3.63) is 45.1 Å². The number of alkyl carbamates (subject to hydrolysis) is 1. The van der Waals surface area contributed by atoms with Gasteiger partial charge in [0.25, 0.3) is 5.56 Å². The molecule has 3 heterocycles. The smallest absolute Gasteiger partial charge is 0.407 e. The number of aromatic carboxylic acids is 1. The van der Waals surface area contributed by atoms with Gasteiger partial charge in [-0.1, -0.05) is 0 Å². The molecule has 2 atom stereocenters. The number of nitrogens with zero attached hydrogens (tertiary/aromatic N) is 2. The number of fused-ring (bicyclic) bond motifs is 1. The summed E-state index contributed by atoms with van der Waals surface area (Å²) in [6, 6.07) is 1.30. The highest BCUT2D eigenvalue weighted by Crippen LogP contribution is 2.44. The van der Waals surface area contributed by atoms with E-state index in [1.165, 1.54) is 6.07 Å². The van der Waals surface area contributed by atoms with Crippen LogP contribution in [0, 0.1) is 18.7 Å². The standard InChI is InChI=1S/C25H32FN3O5/c1-13-20-17(15-6-7-15)10-18(23(31)32)22(30)29(20)12-19(26)21(13)28-9-8-16(11-28)14(2)27-24(33)34-25(3,4)5/h10,12,14-16H,6-9,11H2,1-5H3,(H,27,33)(H,31,32)/t14-,16-/m1/s1. The second kappa shape index (κ2) is 8.60. The van der Waals surface area contributed by atoms with Gasteiger partial charge in [-0.15, -0.1) is 0 Å². The molecule has 0 aromatic carbocycles. The Balaban J connectivity index is 1.65. The lowest BCUT2D eigenvalue weighted by molar-refractivity contribution is 0.0494. The number of ether oxygens (including phenoxy) is 1. The molecule has 0 bridgehead atoms. The molecule has 0 spiro atoms. The number of carboxylic acid groups (broad SMARTS) is 1. The topological polar surface area (TPSA) is 100 Å². The third kappa shape index (κ3) is 4.60. The van der Waals surface area contributed by atoms with Gasteiger partial charge in [0.15, 0.2) is 5.82 Å². The minimum Gasteiger partial charge on any atom is -0.477 e. The maximum absolute atomic E-state index is 15.4. The molecule has 2 aliphatic rings. The molecule has 4 rings (SSSR count). The number of rotatable bonds is 5. The van der Waals surface area contributed by atoms with Gasteiger partial charge in [0, 0.05) is 19.1 Å². The monoisotopic (exact) mass is 473 g/mol. The van der Waals surface area contributed by atoms with Crippen molar-refractivity contribution in [3.8, 4) is 0 Å². The SMILES string of the molecule is Cc1c(N2CC[C@@H]([C@@H](C)NC(=O)OC(C)(C)C)C2)c(F)cn2c(=O)c(C(=O)O)cc(C3CC3)c12. The van der Waals surface area contributed by atoms with E-state index >= 15 is 4.39 Å². The predicted octanol–water partition coefficient (Wildman–Crippen LogP) is 4.06. The Bertz CT molecular complexity index is 1210. The highest BCUT2D eigenvalue weighted by Gasteiger charge is 2.34. The van der Waals surface area contributed by atoms with Gasteiger partial charge >= 0.3 is 12.1 Å². The van der Waals surface area contributed by atoms with Crippen LogP contribution in [0.1, 0.15) is 74.4 Å². The Kier molecular flexibility index (Phi) is 6.08. The molecule has 1 aliphatic carbocycles. The number of aryl methyl sites for hydroxylation is 1. The van der Waals surface area contributed by atoms with Gasteiger partial charge in [0.1, 0.15) is 11.2 Å². The van der Waals surface area contributed by atoms with Crippen LogP contribution in [-0.2, 0) is 4.74 Å². The molecular formula is C25H32FN3O5. The van der Waals surface area contributed by atoms with Crippen LogP contribution in [0.3, 0.4) is 0 Å². The first-order chi connectivity index (χ1) is 15.9. The summed E-state index contributed by atoms with van der Waals surface area (Å²) in [6.45, 7) is 10.3. The van der Waals surface area contributed by atoms with Crippen molar-refractivity contribution in [1.82, 2.24) is 9.72 Å². The second-order valence-corrected chi connectivity index (χ2v) is 10.5. The van der Waals surface area contributed by atoms with Gasteiger partial charge in [-0.05, 0) is 82.9 Å². The summed E-state index contributed by atoms with van der Waals surface area (Å²) in [7, 11) is 0. The van der Waals surface area contributed by atoms with E-state index in [2.05, 4.69) is 5.32 Å². The van der Waals surface area contributed by atoms with Gasteiger partial charge in [0.2, 0.25) is 0 Å². The molecule has 2 aromatic rings. The maximum Gasteiger partial charge on any atom is 0.407 e. The number of carboxylic acids is 1. The fourth-order valence-electron chi connectivity index (χ4n) is 4.90. The first kappa shape index (κ1) is 24.0. The lowest BCUT2D eigenvalue weighted by Gasteiger charge is -2.26. The minimum atomic E-state index is -1.31. The lowest BCUT2D eigenvalue weighted by atomic mass is 10.0. The van der Waals surface area contributed by atoms with E-state index in [1.807, 2.05) is 11.8 Å². The number of carbonyl (C=O) groups excluding carboxylic acids is 1. The summed E-state index contributed by atoms with van der Waals surface area (Å²) in [5.74, 6) is -1.60. The van der Waals surface area contributed by atoms with E-state index in [0.717, 1.165) is 35.4 Å². The highest BCUT2D eigenvalue weighted by atomic mass is 19.1. The molecule has 1 saturated carbocycles. The Hall–Kier alpha value is -3.10. The van der Waals surface area contributed by atoms with Gasteiger partial charge in [-0.25, -0.2) is 14.0 Å². The number of nitrogens with one attached hydrogen (secondary N) is 1. The molecule has 34 heavy (non-hydrogen) atoms. The van der Waals surface area contributed by atoms with Crippen LogP contribution in [0.2, 0.25) is 0 Å². The largest absolute Gasteiger partial charge is 0.477 e. The van der Waals surface area contributed by atoms with E-state index in [4.69, 9.17) is 4.74 Å². The normalized spacial score (nSPS) is 19.4. The first-order valence-electron chi connectivity index (χ1n) is 11.7. The molecular weight excluding hydrogens is 441 g/mol. The molecule has 0 unspecified atom stereocenters. The summed E-state index contributed by atoms with van der Waals surface area (Å²) >= 11 is 0. The predicted molar refractivity (Wildman–Crippen MR) is 126 cm³/mol. The van der Waals surface area contributed by atoms with E-state index in [-0.39, 0.29) is 23.4 Å². The van der Waals surface area contributed by atoms with Crippen LogP contribution in [-0.4, -0.2) is 46.3 Å². The average Bonchev–Trinajstić information content (AvgIpc) is 3.44. The number of pyridine rings is 2. The summed E-state index contributed by atoms with van der Waals surface area (Å²) < 4.78 is 21.9. The minimum absolute atomic E-state index is 0.0991. The molecule has 2 aromatic heterocycles. The van der Waals surface area contributed by atoms with E-state index in [0.29, 0.717) is 29.9 Å². The Morgan fingerprint density at radius 3 is 2.53 bits per heavy atom. The van der Waals surface area contributed by atoms with Crippen LogP contribution in [0.15, 0.2) is 17.1 Å². The number of hydrogen-bond donors (Lipinski definition) is 2. The maximum atomic E-state index is 15.4. The van der Waals surface area contributed by atoms with Crippen LogP contribution in [0.5, 0.6) is 0 Å². The number of halogens is 1. The van der Waals surface area contributed by atoms with E-state index in [9.17, 15) is 19.5 Å². The Morgan fingerprint density at radius 1 is 1.26 bits per heavy atom. The molecule has 1 saturated heterocycles. The second-order valence-electron chi connectivity index (χ2n) is 10.5. The zero-order valence-electron chi connectivity index (χ0n) is 20.3. The molecule has 0 radical (unpaired) electrons. The third-order valence-corrected chi connectivity index (χ3v) is 6.68. The molecule has 9 heteroatoms. The number of anilines is 1. The summed E-state index contributed by atoms with van der Waals surface area (Å²) in [6.07, 6.45) is 3.24. The average molecular weight is 474 g/mol. The van der Waals surface area contributed by atoms with Crippen molar-refractivity contribution in [2.45, 2.75) is 71.4 Å². The van der Waals surface area contributed by atoms with Gasteiger partial charge in [0.05, 0.1) is 17.4 Å². The van der Waals surface area contributed by atoms with Crippen molar-refractivity contribution >= 4 is 23.3 Å².